The van der Waals surface area contributed by atoms with Crippen LogP contribution in [0, 0.1) is 0 Å². The van der Waals surface area contributed by atoms with Gasteiger partial charge in [0.2, 0.25) is 0 Å². The monoisotopic (exact) mass is 432 g/mol. The molecule has 1 rings (SSSR count). The SMILES string of the molecule is C=C(C)C(=O)O.C=CC(=O)OCCO.CCCCC=C(C=Cc1ccccc1)C(=O)O. The zero-order valence-corrected chi connectivity index (χ0v) is 18.1. The molecule has 0 spiro atoms. The molecule has 0 aliphatic heterocycles. The van der Waals surface area contributed by atoms with Crippen LogP contribution in [-0.4, -0.2) is 46.4 Å². The number of aliphatic hydroxyl groups excluding tert-OH is 1. The molecule has 0 saturated heterocycles. The van der Waals surface area contributed by atoms with Gasteiger partial charge in [0.1, 0.15) is 6.61 Å². The standard InChI is InChI=1S/C15H18O2.C5H8O3.C4H6O2/c1-2-3-5-10-14(15(16)17)12-11-13-8-6-4-7-9-13;1-2-5(7)8-4-3-6;1-3(2)4(5)6/h4,6-12H,2-3,5H2,1H3,(H,16,17);2,6H,1,3-4H2;1H2,2H3,(H,5,6). The summed E-state index contributed by atoms with van der Waals surface area (Å²) in [4.78, 5) is 30.7. The summed E-state index contributed by atoms with van der Waals surface area (Å²) in [6.07, 6.45) is 9.24. The fourth-order valence-corrected chi connectivity index (χ4v) is 1.64. The third-order valence-electron chi connectivity index (χ3n) is 3.29. The summed E-state index contributed by atoms with van der Waals surface area (Å²) in [5.74, 6) is -2.30. The first-order valence-electron chi connectivity index (χ1n) is 9.64. The number of benzene rings is 1. The van der Waals surface area contributed by atoms with E-state index < -0.39 is 17.9 Å². The third-order valence-corrected chi connectivity index (χ3v) is 3.29. The van der Waals surface area contributed by atoms with E-state index in [4.69, 9.17) is 15.3 Å². The number of allylic oxidation sites excluding steroid dienone is 1. The lowest BCUT2D eigenvalue weighted by Crippen LogP contribution is -2.04. The van der Waals surface area contributed by atoms with Crippen molar-refractivity contribution in [2.24, 2.45) is 0 Å². The summed E-state index contributed by atoms with van der Waals surface area (Å²) in [5, 5.41) is 25.0. The van der Waals surface area contributed by atoms with E-state index in [0.29, 0.717) is 5.57 Å². The van der Waals surface area contributed by atoms with Gasteiger partial charge in [-0.1, -0.05) is 75.4 Å². The van der Waals surface area contributed by atoms with E-state index in [1.54, 1.807) is 12.2 Å². The number of aliphatic hydroxyl groups is 1. The second kappa shape index (κ2) is 19.8. The molecule has 3 N–H and O–H groups in total. The molecule has 0 aliphatic rings. The van der Waals surface area contributed by atoms with Crippen LogP contribution in [-0.2, 0) is 19.1 Å². The Kier molecular flexibility index (Phi) is 19.0. The largest absolute Gasteiger partial charge is 0.478 e. The Morgan fingerprint density at radius 3 is 2.10 bits per heavy atom. The molecule has 0 heterocycles. The van der Waals surface area contributed by atoms with Crippen molar-refractivity contribution >= 4 is 24.0 Å². The Bertz CT molecular complexity index is 734. The minimum atomic E-state index is -0.935. The molecule has 0 aromatic heterocycles. The molecule has 7 heteroatoms. The Morgan fingerprint density at radius 2 is 1.68 bits per heavy atom. The Balaban J connectivity index is 0. The fraction of sp³-hybridized carbons (Fsp3) is 0.292. The van der Waals surface area contributed by atoms with Gasteiger partial charge in [0.05, 0.1) is 12.2 Å². The van der Waals surface area contributed by atoms with Crippen LogP contribution in [0.3, 0.4) is 0 Å². The number of unbranched alkanes of at least 4 members (excludes halogenated alkanes) is 2. The Labute approximate surface area is 183 Å². The highest BCUT2D eigenvalue weighted by Gasteiger charge is 2.01. The Hall–Kier alpha value is -3.45. The quantitative estimate of drug-likeness (QED) is 0.219. The van der Waals surface area contributed by atoms with Gasteiger partial charge in [-0.15, -0.1) is 0 Å². The van der Waals surface area contributed by atoms with E-state index in [1.807, 2.05) is 36.4 Å². The van der Waals surface area contributed by atoms with Gasteiger partial charge in [0.25, 0.3) is 0 Å². The molecule has 1 aromatic rings. The van der Waals surface area contributed by atoms with Crippen molar-refractivity contribution in [3.63, 3.8) is 0 Å². The molecular formula is C24H32O7. The van der Waals surface area contributed by atoms with Crippen molar-refractivity contribution in [3.8, 4) is 0 Å². The molecule has 1 aromatic carbocycles. The predicted molar refractivity (Wildman–Crippen MR) is 121 cm³/mol. The van der Waals surface area contributed by atoms with Gasteiger partial charge in [-0.2, -0.15) is 0 Å². The van der Waals surface area contributed by atoms with Crippen LogP contribution in [0.4, 0.5) is 0 Å². The van der Waals surface area contributed by atoms with Gasteiger partial charge in [0.15, 0.2) is 0 Å². The van der Waals surface area contributed by atoms with E-state index >= 15 is 0 Å². The normalized spacial score (nSPS) is 10.1. The smallest absolute Gasteiger partial charge is 0.335 e. The second-order valence-corrected chi connectivity index (χ2v) is 6.03. The lowest BCUT2D eigenvalue weighted by Gasteiger charge is -1.96. The minimum absolute atomic E-state index is 0.0465. The van der Waals surface area contributed by atoms with Crippen molar-refractivity contribution in [2.45, 2.75) is 33.1 Å². The fourth-order valence-electron chi connectivity index (χ4n) is 1.64. The predicted octanol–water partition coefficient (Wildman–Crippen LogP) is 4.26. The molecule has 31 heavy (non-hydrogen) atoms. The summed E-state index contributed by atoms with van der Waals surface area (Å²) in [7, 11) is 0. The molecule has 0 saturated carbocycles. The highest BCUT2D eigenvalue weighted by molar-refractivity contribution is 5.91. The van der Waals surface area contributed by atoms with Gasteiger partial charge in [-0.3, -0.25) is 0 Å². The first-order valence-corrected chi connectivity index (χ1v) is 9.64. The number of rotatable bonds is 10. The number of carbonyl (C=O) groups is 3. The summed E-state index contributed by atoms with van der Waals surface area (Å²) in [6, 6.07) is 9.69. The molecule has 0 atom stereocenters. The molecule has 0 unspecified atom stereocenters. The van der Waals surface area contributed by atoms with Gasteiger partial charge >= 0.3 is 17.9 Å². The van der Waals surface area contributed by atoms with Crippen LogP contribution in [0.25, 0.3) is 6.08 Å². The number of aliphatic carboxylic acids is 2. The van der Waals surface area contributed by atoms with Crippen LogP contribution >= 0.6 is 0 Å². The maximum Gasteiger partial charge on any atom is 0.335 e. The molecular weight excluding hydrogens is 400 g/mol. The first-order chi connectivity index (χ1) is 14.7. The average Bonchev–Trinajstić information content (AvgIpc) is 2.75. The van der Waals surface area contributed by atoms with Crippen LogP contribution in [0.1, 0.15) is 38.7 Å². The summed E-state index contributed by atoms with van der Waals surface area (Å²) < 4.78 is 4.33. The number of carboxylic acid groups (broad SMARTS) is 2. The highest BCUT2D eigenvalue weighted by atomic mass is 16.5. The van der Waals surface area contributed by atoms with Crippen LogP contribution in [0.15, 0.2) is 72.9 Å². The van der Waals surface area contributed by atoms with Crippen LogP contribution < -0.4 is 0 Å². The highest BCUT2D eigenvalue weighted by Crippen LogP contribution is 2.08. The van der Waals surface area contributed by atoms with E-state index in [0.717, 1.165) is 30.9 Å². The first kappa shape index (κ1) is 29.7. The maximum atomic E-state index is 11.0. The second-order valence-electron chi connectivity index (χ2n) is 6.03. The zero-order chi connectivity index (χ0) is 24.1. The summed E-state index contributed by atoms with van der Waals surface area (Å²) in [5.41, 5.74) is 1.55. The van der Waals surface area contributed by atoms with Crippen molar-refractivity contribution < 1.29 is 34.4 Å². The number of esters is 1. The van der Waals surface area contributed by atoms with Crippen molar-refractivity contribution in [2.75, 3.05) is 13.2 Å². The number of hydrogen-bond donors (Lipinski definition) is 3. The molecule has 170 valence electrons. The number of ether oxygens (including phenoxy) is 1. The topological polar surface area (TPSA) is 121 Å². The van der Waals surface area contributed by atoms with Gasteiger partial charge in [-0.05, 0) is 25.0 Å². The molecule has 0 radical (unpaired) electrons. The van der Waals surface area contributed by atoms with Gasteiger partial charge in [-0.25, -0.2) is 14.4 Å². The van der Waals surface area contributed by atoms with E-state index in [1.165, 1.54) is 6.92 Å². The van der Waals surface area contributed by atoms with Gasteiger partial charge < -0.3 is 20.1 Å². The van der Waals surface area contributed by atoms with Crippen molar-refractivity contribution in [1.29, 1.82) is 0 Å². The zero-order valence-electron chi connectivity index (χ0n) is 18.1. The molecule has 7 nitrogen and oxygen atoms in total. The van der Waals surface area contributed by atoms with Crippen molar-refractivity contribution in [1.82, 2.24) is 0 Å². The lowest BCUT2D eigenvalue weighted by molar-refractivity contribution is -0.138. The van der Waals surface area contributed by atoms with E-state index in [9.17, 15) is 14.4 Å². The van der Waals surface area contributed by atoms with E-state index in [-0.39, 0.29) is 18.8 Å². The summed E-state index contributed by atoms with van der Waals surface area (Å²) in [6.45, 7) is 9.76. The van der Waals surface area contributed by atoms with E-state index in [2.05, 4.69) is 24.8 Å². The lowest BCUT2D eigenvalue weighted by atomic mass is 10.1. The Morgan fingerprint density at radius 1 is 1.10 bits per heavy atom. The average molecular weight is 433 g/mol. The minimum Gasteiger partial charge on any atom is -0.478 e. The van der Waals surface area contributed by atoms with Crippen molar-refractivity contribution in [3.05, 3.63) is 78.4 Å². The van der Waals surface area contributed by atoms with Crippen LogP contribution in [0.5, 0.6) is 0 Å². The number of carboxylic acids is 2. The maximum absolute atomic E-state index is 11.0. The third kappa shape index (κ3) is 19.6. The molecule has 0 amide bonds. The molecule has 0 aliphatic carbocycles. The van der Waals surface area contributed by atoms with Gasteiger partial charge in [0, 0.05) is 11.6 Å². The van der Waals surface area contributed by atoms with Crippen LogP contribution in [0.2, 0.25) is 0 Å². The number of carbonyl (C=O) groups excluding carboxylic acids is 1. The molecule has 0 bridgehead atoms. The summed E-state index contributed by atoms with van der Waals surface area (Å²) >= 11 is 0. The molecule has 0 fully saturated rings. The number of hydrogen-bond acceptors (Lipinski definition) is 5.